The maximum absolute atomic E-state index is 3.69. The van der Waals surface area contributed by atoms with Crippen molar-refractivity contribution in [1.82, 2.24) is 5.32 Å². The Balaban J connectivity index is 2.80. The van der Waals surface area contributed by atoms with Gasteiger partial charge in [-0.1, -0.05) is 41.5 Å². The van der Waals surface area contributed by atoms with Crippen molar-refractivity contribution in [2.24, 2.45) is 22.7 Å². The van der Waals surface area contributed by atoms with E-state index in [9.17, 15) is 0 Å². The topological polar surface area (TPSA) is 12.0 Å². The Kier molecular flexibility index (Phi) is 4.45. The summed E-state index contributed by atoms with van der Waals surface area (Å²) in [6.07, 6.45) is 4.00. The van der Waals surface area contributed by atoms with E-state index < -0.39 is 0 Å². The first kappa shape index (κ1) is 14.0. The quantitative estimate of drug-likeness (QED) is 0.709. The van der Waals surface area contributed by atoms with Gasteiger partial charge in [-0.3, -0.25) is 0 Å². The zero-order valence-electron chi connectivity index (χ0n) is 12.2. The summed E-state index contributed by atoms with van der Waals surface area (Å²) in [6.45, 7) is 16.9. The maximum atomic E-state index is 3.69. The number of hydrogen-bond donors (Lipinski definition) is 1. The fourth-order valence-corrected chi connectivity index (χ4v) is 3.42. The van der Waals surface area contributed by atoms with E-state index in [0.29, 0.717) is 10.8 Å². The lowest BCUT2D eigenvalue weighted by Gasteiger charge is -2.37. The molecule has 0 spiro atoms. The van der Waals surface area contributed by atoms with Gasteiger partial charge in [0, 0.05) is 6.54 Å². The summed E-state index contributed by atoms with van der Waals surface area (Å²) >= 11 is 0. The summed E-state index contributed by atoms with van der Waals surface area (Å²) in [6, 6.07) is 0. The van der Waals surface area contributed by atoms with Gasteiger partial charge in [-0.25, -0.2) is 0 Å². The normalized spacial score (nSPS) is 40.9. The van der Waals surface area contributed by atoms with Gasteiger partial charge < -0.3 is 5.32 Å². The van der Waals surface area contributed by atoms with E-state index in [1.807, 2.05) is 0 Å². The molecule has 1 rings (SSSR count). The first-order valence-corrected chi connectivity index (χ1v) is 6.99. The highest BCUT2D eigenvalue weighted by Gasteiger charge is 2.34. The predicted octanol–water partition coefficient (Wildman–Crippen LogP) is 4.08. The fourth-order valence-electron chi connectivity index (χ4n) is 3.42. The molecule has 1 heteroatoms. The molecule has 96 valence electrons. The van der Waals surface area contributed by atoms with Gasteiger partial charge in [0.1, 0.15) is 0 Å². The summed E-state index contributed by atoms with van der Waals surface area (Å²) in [5, 5.41) is 3.69. The standard InChI is InChI=1S/C15H31N/c1-7-15(6)10-14(4,5)8-12(2)13(3)9-16-11-15/h12-13,16H,7-11H2,1-6H3. The van der Waals surface area contributed by atoms with Crippen LogP contribution in [0.4, 0.5) is 0 Å². The summed E-state index contributed by atoms with van der Waals surface area (Å²) in [4.78, 5) is 0. The molecule has 3 atom stereocenters. The Labute approximate surface area is 102 Å². The van der Waals surface area contributed by atoms with Crippen LogP contribution in [0.5, 0.6) is 0 Å². The van der Waals surface area contributed by atoms with Crippen LogP contribution in [0.25, 0.3) is 0 Å². The molecular weight excluding hydrogens is 194 g/mol. The molecule has 1 N–H and O–H groups in total. The van der Waals surface area contributed by atoms with Crippen molar-refractivity contribution < 1.29 is 0 Å². The van der Waals surface area contributed by atoms with E-state index in [-0.39, 0.29) is 0 Å². The van der Waals surface area contributed by atoms with Crippen LogP contribution in [0.3, 0.4) is 0 Å². The molecule has 0 aliphatic carbocycles. The Morgan fingerprint density at radius 3 is 2.31 bits per heavy atom. The second-order valence-corrected chi connectivity index (χ2v) is 7.29. The monoisotopic (exact) mass is 225 g/mol. The molecule has 1 saturated heterocycles. The average molecular weight is 225 g/mol. The van der Waals surface area contributed by atoms with E-state index in [4.69, 9.17) is 0 Å². The van der Waals surface area contributed by atoms with E-state index in [2.05, 4.69) is 46.9 Å². The van der Waals surface area contributed by atoms with E-state index in [0.717, 1.165) is 11.8 Å². The fraction of sp³-hybridized carbons (Fsp3) is 1.00. The van der Waals surface area contributed by atoms with Crippen molar-refractivity contribution in [1.29, 1.82) is 0 Å². The van der Waals surface area contributed by atoms with Crippen LogP contribution in [-0.4, -0.2) is 13.1 Å². The van der Waals surface area contributed by atoms with Crippen molar-refractivity contribution in [2.75, 3.05) is 13.1 Å². The minimum Gasteiger partial charge on any atom is -0.316 e. The van der Waals surface area contributed by atoms with E-state index in [1.165, 1.54) is 32.4 Å². The van der Waals surface area contributed by atoms with Crippen LogP contribution in [0.1, 0.15) is 60.8 Å². The lowest BCUT2D eigenvalue weighted by Crippen LogP contribution is -2.35. The van der Waals surface area contributed by atoms with Crippen LogP contribution in [0.2, 0.25) is 0 Å². The zero-order valence-corrected chi connectivity index (χ0v) is 12.2. The predicted molar refractivity (Wildman–Crippen MR) is 72.6 cm³/mol. The number of rotatable bonds is 1. The van der Waals surface area contributed by atoms with Gasteiger partial charge in [-0.15, -0.1) is 0 Å². The third kappa shape index (κ3) is 3.76. The lowest BCUT2D eigenvalue weighted by atomic mass is 9.69. The minimum atomic E-state index is 0.479. The highest BCUT2D eigenvalue weighted by Crippen LogP contribution is 2.42. The Hall–Kier alpha value is -0.0400. The highest BCUT2D eigenvalue weighted by atomic mass is 14.9. The number of hydrogen-bond acceptors (Lipinski definition) is 1. The Morgan fingerprint density at radius 2 is 1.75 bits per heavy atom. The summed E-state index contributed by atoms with van der Waals surface area (Å²) in [7, 11) is 0. The molecule has 1 aliphatic rings. The van der Waals surface area contributed by atoms with Crippen LogP contribution >= 0.6 is 0 Å². The molecule has 16 heavy (non-hydrogen) atoms. The zero-order chi connectivity index (χ0) is 12.4. The smallest absolute Gasteiger partial charge is 0.000538 e. The van der Waals surface area contributed by atoms with Gasteiger partial charge >= 0.3 is 0 Å². The first-order valence-electron chi connectivity index (χ1n) is 6.99. The van der Waals surface area contributed by atoms with Gasteiger partial charge in [0.15, 0.2) is 0 Å². The third-order valence-corrected chi connectivity index (χ3v) is 4.62. The molecule has 1 nitrogen and oxygen atoms in total. The second-order valence-electron chi connectivity index (χ2n) is 7.29. The maximum Gasteiger partial charge on any atom is 0.000538 e. The summed E-state index contributed by atoms with van der Waals surface area (Å²) in [5.74, 6) is 1.64. The average Bonchev–Trinajstić information content (AvgIpc) is 2.18. The van der Waals surface area contributed by atoms with Crippen molar-refractivity contribution in [3.05, 3.63) is 0 Å². The van der Waals surface area contributed by atoms with Gasteiger partial charge in [-0.2, -0.15) is 0 Å². The van der Waals surface area contributed by atoms with Crippen molar-refractivity contribution >= 4 is 0 Å². The molecule has 0 bridgehead atoms. The first-order chi connectivity index (χ1) is 7.28. The third-order valence-electron chi connectivity index (χ3n) is 4.62. The molecule has 0 amide bonds. The second kappa shape index (κ2) is 5.08. The number of nitrogens with one attached hydrogen (secondary N) is 1. The molecule has 0 aromatic carbocycles. The van der Waals surface area contributed by atoms with Crippen LogP contribution in [0, 0.1) is 22.7 Å². The van der Waals surface area contributed by atoms with Crippen molar-refractivity contribution in [2.45, 2.75) is 60.8 Å². The van der Waals surface area contributed by atoms with Crippen LogP contribution in [0.15, 0.2) is 0 Å². The lowest BCUT2D eigenvalue weighted by molar-refractivity contribution is 0.145. The SMILES string of the molecule is CCC1(C)CNCC(C)C(C)CC(C)(C)C1. The molecule has 0 aromatic heterocycles. The molecule has 1 aliphatic heterocycles. The molecule has 1 heterocycles. The van der Waals surface area contributed by atoms with E-state index >= 15 is 0 Å². The van der Waals surface area contributed by atoms with Gasteiger partial charge in [-0.05, 0) is 48.5 Å². The van der Waals surface area contributed by atoms with Crippen LogP contribution in [-0.2, 0) is 0 Å². The Bertz CT molecular complexity index is 221. The van der Waals surface area contributed by atoms with E-state index in [1.54, 1.807) is 0 Å². The molecular formula is C15H31N. The Morgan fingerprint density at radius 1 is 1.12 bits per heavy atom. The minimum absolute atomic E-state index is 0.479. The van der Waals surface area contributed by atoms with Gasteiger partial charge in [0.05, 0.1) is 0 Å². The molecule has 0 saturated carbocycles. The van der Waals surface area contributed by atoms with Gasteiger partial charge in [0.25, 0.3) is 0 Å². The summed E-state index contributed by atoms with van der Waals surface area (Å²) < 4.78 is 0. The molecule has 0 aromatic rings. The largest absolute Gasteiger partial charge is 0.316 e. The highest BCUT2D eigenvalue weighted by molar-refractivity contribution is 4.87. The molecule has 0 radical (unpaired) electrons. The molecule has 3 unspecified atom stereocenters. The van der Waals surface area contributed by atoms with Crippen molar-refractivity contribution in [3.8, 4) is 0 Å². The van der Waals surface area contributed by atoms with Crippen LogP contribution < -0.4 is 5.32 Å². The summed E-state index contributed by atoms with van der Waals surface area (Å²) in [5.41, 5.74) is 0.970. The van der Waals surface area contributed by atoms with Crippen molar-refractivity contribution in [3.63, 3.8) is 0 Å². The van der Waals surface area contributed by atoms with Gasteiger partial charge in [0.2, 0.25) is 0 Å². The molecule has 1 fully saturated rings.